The number of nitrogens with one attached hydrogen (secondary N) is 2. The van der Waals surface area contributed by atoms with Gasteiger partial charge in [0.1, 0.15) is 0 Å². The average Bonchev–Trinajstić information content (AvgIpc) is 3.05. The Kier molecular flexibility index (Phi) is 4.07. The zero-order valence-electron chi connectivity index (χ0n) is 12.2. The van der Waals surface area contributed by atoms with Crippen LogP contribution in [0.3, 0.4) is 0 Å². The number of rotatable bonds is 3. The topological polar surface area (TPSA) is 90.3 Å². The van der Waals surface area contributed by atoms with E-state index in [9.17, 15) is 4.79 Å². The molecular formula is C13H21N5O3. The van der Waals surface area contributed by atoms with Crippen LogP contribution in [0.15, 0.2) is 6.20 Å². The van der Waals surface area contributed by atoms with Crippen molar-refractivity contribution in [3.8, 4) is 0 Å². The standard InChI is InChI=1S/C13H21N5O3/c1-18-11(9-15-17-18)16-12(19)14-8-10-2-3-13(21-10)4-6-20-7-5-13/h9-10H,2-8H2,1H3,(H2,14,16,19). The first-order valence-corrected chi connectivity index (χ1v) is 7.32. The SMILES string of the molecule is Cn1nncc1NC(=O)NCC1CCC2(CCOCC2)O1. The molecule has 116 valence electrons. The van der Waals surface area contributed by atoms with Crippen LogP contribution < -0.4 is 10.6 Å². The fourth-order valence-electron chi connectivity index (χ4n) is 2.92. The molecule has 8 heteroatoms. The third-order valence-electron chi connectivity index (χ3n) is 4.19. The maximum atomic E-state index is 11.8. The molecule has 0 aromatic carbocycles. The Morgan fingerprint density at radius 3 is 3.00 bits per heavy atom. The van der Waals surface area contributed by atoms with Crippen LogP contribution in [0.5, 0.6) is 0 Å². The molecule has 0 bridgehead atoms. The molecule has 8 nitrogen and oxygen atoms in total. The summed E-state index contributed by atoms with van der Waals surface area (Å²) in [5, 5.41) is 13.0. The van der Waals surface area contributed by atoms with E-state index < -0.39 is 0 Å². The Labute approximate surface area is 123 Å². The molecule has 1 aromatic rings. The van der Waals surface area contributed by atoms with E-state index >= 15 is 0 Å². The van der Waals surface area contributed by atoms with E-state index in [4.69, 9.17) is 9.47 Å². The monoisotopic (exact) mass is 295 g/mol. The molecule has 1 spiro atoms. The number of carbonyl (C=O) groups excluding carboxylic acids is 1. The maximum Gasteiger partial charge on any atom is 0.320 e. The molecule has 0 saturated carbocycles. The molecule has 3 rings (SSSR count). The van der Waals surface area contributed by atoms with Gasteiger partial charge in [-0.15, -0.1) is 5.10 Å². The second-order valence-corrected chi connectivity index (χ2v) is 5.65. The number of amides is 2. The summed E-state index contributed by atoms with van der Waals surface area (Å²) >= 11 is 0. The summed E-state index contributed by atoms with van der Waals surface area (Å²) in [5.74, 6) is 0.556. The maximum absolute atomic E-state index is 11.8. The fourth-order valence-corrected chi connectivity index (χ4v) is 2.92. The van der Waals surface area contributed by atoms with Crippen LogP contribution in [-0.2, 0) is 16.5 Å². The van der Waals surface area contributed by atoms with Crippen molar-refractivity contribution < 1.29 is 14.3 Å². The molecule has 2 amide bonds. The normalized spacial score (nSPS) is 24.1. The first-order valence-electron chi connectivity index (χ1n) is 7.32. The van der Waals surface area contributed by atoms with Gasteiger partial charge in [0, 0.05) is 26.8 Å². The lowest BCUT2D eigenvalue weighted by atomic mass is 9.91. The van der Waals surface area contributed by atoms with Crippen LogP contribution in [-0.4, -0.2) is 52.5 Å². The molecule has 1 atom stereocenters. The van der Waals surface area contributed by atoms with Crippen molar-refractivity contribution in [2.45, 2.75) is 37.4 Å². The van der Waals surface area contributed by atoms with E-state index in [0.717, 1.165) is 38.9 Å². The lowest BCUT2D eigenvalue weighted by Gasteiger charge is -2.33. The van der Waals surface area contributed by atoms with Crippen molar-refractivity contribution in [1.29, 1.82) is 0 Å². The molecule has 1 aromatic heterocycles. The van der Waals surface area contributed by atoms with Crippen LogP contribution in [0, 0.1) is 0 Å². The van der Waals surface area contributed by atoms with Crippen LogP contribution in [0.25, 0.3) is 0 Å². The summed E-state index contributed by atoms with van der Waals surface area (Å²) in [6.45, 7) is 2.06. The zero-order chi connectivity index (χ0) is 14.7. The van der Waals surface area contributed by atoms with Crippen molar-refractivity contribution in [2.24, 2.45) is 7.05 Å². The summed E-state index contributed by atoms with van der Waals surface area (Å²) in [6.07, 6.45) is 5.53. The number of anilines is 1. The number of urea groups is 1. The zero-order valence-corrected chi connectivity index (χ0v) is 12.2. The molecule has 2 aliphatic rings. The van der Waals surface area contributed by atoms with Gasteiger partial charge in [0.05, 0.1) is 17.9 Å². The van der Waals surface area contributed by atoms with Gasteiger partial charge < -0.3 is 14.8 Å². The minimum atomic E-state index is -0.267. The Morgan fingerprint density at radius 1 is 1.48 bits per heavy atom. The highest BCUT2D eigenvalue weighted by molar-refractivity contribution is 5.88. The third-order valence-corrected chi connectivity index (χ3v) is 4.19. The molecule has 3 heterocycles. The summed E-state index contributed by atoms with van der Waals surface area (Å²) < 4.78 is 13.0. The van der Waals surface area contributed by atoms with Crippen molar-refractivity contribution in [3.05, 3.63) is 6.20 Å². The summed E-state index contributed by atoms with van der Waals surface area (Å²) in [6, 6.07) is -0.267. The van der Waals surface area contributed by atoms with Gasteiger partial charge in [0.15, 0.2) is 5.82 Å². The highest BCUT2D eigenvalue weighted by Gasteiger charge is 2.41. The van der Waals surface area contributed by atoms with Gasteiger partial charge in [-0.3, -0.25) is 5.32 Å². The fraction of sp³-hybridized carbons (Fsp3) is 0.769. The second-order valence-electron chi connectivity index (χ2n) is 5.65. The number of aryl methyl sites for hydroxylation is 1. The molecule has 2 N–H and O–H groups in total. The van der Waals surface area contributed by atoms with Crippen molar-refractivity contribution >= 4 is 11.8 Å². The van der Waals surface area contributed by atoms with Crippen molar-refractivity contribution in [2.75, 3.05) is 25.1 Å². The Balaban J connectivity index is 1.43. The smallest absolute Gasteiger partial charge is 0.320 e. The first kappa shape index (κ1) is 14.3. The van der Waals surface area contributed by atoms with Gasteiger partial charge in [-0.1, -0.05) is 5.21 Å². The summed E-state index contributed by atoms with van der Waals surface area (Å²) in [7, 11) is 1.72. The predicted octanol–water partition coefficient (Wildman–Crippen LogP) is 0.665. The van der Waals surface area contributed by atoms with E-state index in [-0.39, 0.29) is 17.7 Å². The quantitative estimate of drug-likeness (QED) is 0.855. The predicted molar refractivity (Wildman–Crippen MR) is 74.9 cm³/mol. The third kappa shape index (κ3) is 3.33. The number of aromatic nitrogens is 3. The second kappa shape index (κ2) is 5.98. The largest absolute Gasteiger partial charge is 0.381 e. The molecule has 0 aliphatic carbocycles. The molecule has 2 saturated heterocycles. The average molecular weight is 295 g/mol. The van der Waals surface area contributed by atoms with Gasteiger partial charge in [-0.25, -0.2) is 9.48 Å². The van der Waals surface area contributed by atoms with Crippen LogP contribution in [0.2, 0.25) is 0 Å². The minimum absolute atomic E-state index is 0.0208. The highest BCUT2D eigenvalue weighted by atomic mass is 16.5. The van der Waals surface area contributed by atoms with Crippen molar-refractivity contribution in [1.82, 2.24) is 20.3 Å². The van der Waals surface area contributed by atoms with Crippen LogP contribution in [0.1, 0.15) is 25.7 Å². The first-order chi connectivity index (χ1) is 10.2. The number of hydrogen-bond donors (Lipinski definition) is 2. The van der Waals surface area contributed by atoms with Crippen LogP contribution in [0.4, 0.5) is 10.6 Å². The van der Waals surface area contributed by atoms with E-state index in [1.165, 1.54) is 10.9 Å². The Hall–Kier alpha value is -1.67. The van der Waals surface area contributed by atoms with Gasteiger partial charge in [-0.05, 0) is 25.7 Å². The summed E-state index contributed by atoms with van der Waals surface area (Å²) in [5.41, 5.74) is -0.0208. The van der Waals surface area contributed by atoms with Gasteiger partial charge in [0.25, 0.3) is 0 Å². The molecule has 2 aliphatic heterocycles. The van der Waals surface area contributed by atoms with Crippen molar-refractivity contribution in [3.63, 3.8) is 0 Å². The highest BCUT2D eigenvalue weighted by Crippen LogP contribution is 2.37. The molecule has 0 radical (unpaired) electrons. The Morgan fingerprint density at radius 2 is 2.29 bits per heavy atom. The summed E-state index contributed by atoms with van der Waals surface area (Å²) in [4.78, 5) is 11.8. The minimum Gasteiger partial charge on any atom is -0.381 e. The lowest BCUT2D eigenvalue weighted by molar-refractivity contribution is -0.101. The van der Waals surface area contributed by atoms with E-state index in [0.29, 0.717) is 12.4 Å². The van der Waals surface area contributed by atoms with Gasteiger partial charge >= 0.3 is 6.03 Å². The van der Waals surface area contributed by atoms with Gasteiger partial charge in [-0.2, -0.15) is 0 Å². The number of carbonyl (C=O) groups is 1. The molecule has 21 heavy (non-hydrogen) atoms. The van der Waals surface area contributed by atoms with E-state index in [2.05, 4.69) is 20.9 Å². The lowest BCUT2D eigenvalue weighted by Crippen LogP contribution is -2.39. The number of hydrogen-bond acceptors (Lipinski definition) is 5. The number of nitrogens with zero attached hydrogens (tertiary/aromatic N) is 3. The number of ether oxygens (including phenoxy) is 2. The molecule has 2 fully saturated rings. The molecular weight excluding hydrogens is 274 g/mol. The van der Waals surface area contributed by atoms with Crippen LogP contribution >= 0.6 is 0 Å². The molecule has 1 unspecified atom stereocenters. The van der Waals surface area contributed by atoms with E-state index in [1.807, 2.05) is 0 Å². The Bertz CT molecular complexity index is 498. The van der Waals surface area contributed by atoms with E-state index in [1.54, 1.807) is 7.05 Å². The van der Waals surface area contributed by atoms with Gasteiger partial charge in [0.2, 0.25) is 0 Å².